The summed E-state index contributed by atoms with van der Waals surface area (Å²) >= 11 is 3.39. The molecule has 0 aliphatic heterocycles. The molecule has 0 saturated heterocycles. The lowest BCUT2D eigenvalue weighted by Crippen LogP contribution is -2.33. The Hall–Kier alpha value is -1.70. The third-order valence-electron chi connectivity index (χ3n) is 4.41. The summed E-state index contributed by atoms with van der Waals surface area (Å²) in [4.78, 5) is 11.9. The molecular weight excluding hydrogens is 416 g/mol. The molecule has 5 nitrogen and oxygen atoms in total. The molecule has 1 amide bonds. The molecule has 1 aliphatic carbocycles. The lowest BCUT2D eigenvalue weighted by atomic mass is 10.1. The molecule has 0 radical (unpaired) electrons. The first-order chi connectivity index (χ1) is 12.3. The smallest absolute Gasteiger partial charge is 0.251 e. The summed E-state index contributed by atoms with van der Waals surface area (Å²) in [5.41, 5.74) is 2.41. The van der Waals surface area contributed by atoms with E-state index in [1.54, 1.807) is 47.8 Å². The molecule has 2 aromatic carbocycles. The monoisotopic (exact) mass is 436 g/mol. The van der Waals surface area contributed by atoms with Gasteiger partial charge in [-0.3, -0.25) is 4.79 Å². The van der Waals surface area contributed by atoms with Crippen LogP contribution in [0, 0.1) is 6.92 Å². The van der Waals surface area contributed by atoms with Crippen LogP contribution in [0.3, 0.4) is 0 Å². The first kappa shape index (κ1) is 19.1. The Bertz CT molecular complexity index is 922. The molecule has 0 bridgehead atoms. The fourth-order valence-corrected chi connectivity index (χ4v) is 5.63. The molecule has 2 aromatic rings. The summed E-state index contributed by atoms with van der Waals surface area (Å²) in [6.45, 7) is 2.22. The number of benzene rings is 2. The van der Waals surface area contributed by atoms with Crippen molar-refractivity contribution in [2.75, 3.05) is 7.05 Å². The maximum absolute atomic E-state index is 13.2. The van der Waals surface area contributed by atoms with E-state index in [4.69, 9.17) is 0 Å². The van der Waals surface area contributed by atoms with Crippen molar-refractivity contribution in [1.29, 1.82) is 0 Å². The Balaban J connectivity index is 1.88. The summed E-state index contributed by atoms with van der Waals surface area (Å²) in [6, 6.07) is 12.4. The van der Waals surface area contributed by atoms with Gasteiger partial charge in [0.2, 0.25) is 10.0 Å². The van der Waals surface area contributed by atoms with Gasteiger partial charge in [-0.25, -0.2) is 8.42 Å². The molecule has 0 aromatic heterocycles. The van der Waals surface area contributed by atoms with Crippen LogP contribution in [0.25, 0.3) is 0 Å². The fourth-order valence-electron chi connectivity index (χ4n) is 2.80. The van der Waals surface area contributed by atoms with Crippen molar-refractivity contribution in [2.45, 2.75) is 37.2 Å². The SMILES string of the molecule is CNC(=O)c1ccc(CN(C2CC2)S(=O)(=O)c2ccc(C)cc2Br)cc1. The topological polar surface area (TPSA) is 66.5 Å². The molecule has 1 N–H and O–H groups in total. The van der Waals surface area contributed by atoms with E-state index in [0.29, 0.717) is 16.6 Å². The van der Waals surface area contributed by atoms with Crippen molar-refractivity contribution in [3.8, 4) is 0 Å². The second-order valence-corrected chi connectivity index (χ2v) is 9.20. The highest BCUT2D eigenvalue weighted by molar-refractivity contribution is 9.10. The molecule has 1 fully saturated rings. The maximum Gasteiger partial charge on any atom is 0.251 e. The van der Waals surface area contributed by atoms with Gasteiger partial charge in [0, 0.05) is 29.7 Å². The summed E-state index contributed by atoms with van der Waals surface area (Å²) in [5.74, 6) is -0.160. The zero-order chi connectivity index (χ0) is 18.9. The highest BCUT2D eigenvalue weighted by Gasteiger charge is 2.38. The minimum absolute atomic E-state index is 0.0341. The average molecular weight is 437 g/mol. The molecule has 7 heteroatoms. The fraction of sp³-hybridized carbons (Fsp3) is 0.316. The third-order valence-corrected chi connectivity index (χ3v) is 7.28. The standard InChI is InChI=1S/C19H21BrN2O3S/c1-13-3-10-18(17(20)11-13)26(24,25)22(16-8-9-16)12-14-4-6-15(7-5-14)19(23)21-2/h3-7,10-11,16H,8-9,12H2,1-2H3,(H,21,23). The molecule has 0 atom stereocenters. The van der Waals surface area contributed by atoms with Crippen molar-refractivity contribution in [3.05, 3.63) is 63.6 Å². The normalized spacial score (nSPS) is 14.5. The lowest BCUT2D eigenvalue weighted by Gasteiger charge is -2.23. The number of rotatable bonds is 6. The molecule has 1 saturated carbocycles. The number of hydrogen-bond donors (Lipinski definition) is 1. The van der Waals surface area contributed by atoms with Gasteiger partial charge in [-0.1, -0.05) is 18.2 Å². The second-order valence-electron chi connectivity index (χ2n) is 6.49. The van der Waals surface area contributed by atoms with Crippen LogP contribution in [0.15, 0.2) is 51.8 Å². The summed E-state index contributed by atoms with van der Waals surface area (Å²) < 4.78 is 28.6. The molecule has 0 unspecified atom stereocenters. The number of aryl methyl sites for hydroxylation is 1. The Morgan fingerprint density at radius 1 is 1.19 bits per heavy atom. The van der Waals surface area contributed by atoms with Gasteiger partial charge in [0.15, 0.2) is 0 Å². The molecule has 0 heterocycles. The molecule has 3 rings (SSSR count). The number of hydrogen-bond acceptors (Lipinski definition) is 3. The summed E-state index contributed by atoms with van der Waals surface area (Å²) in [7, 11) is -2.03. The van der Waals surface area contributed by atoms with Gasteiger partial charge in [0.1, 0.15) is 0 Å². The minimum atomic E-state index is -3.61. The Labute approximate surface area is 162 Å². The van der Waals surface area contributed by atoms with Gasteiger partial charge >= 0.3 is 0 Å². The van der Waals surface area contributed by atoms with Crippen molar-refractivity contribution in [3.63, 3.8) is 0 Å². The van der Waals surface area contributed by atoms with Crippen molar-refractivity contribution < 1.29 is 13.2 Å². The van der Waals surface area contributed by atoms with E-state index in [0.717, 1.165) is 24.0 Å². The Morgan fingerprint density at radius 2 is 1.85 bits per heavy atom. The highest BCUT2D eigenvalue weighted by atomic mass is 79.9. The predicted octanol–water partition coefficient (Wildman–Crippen LogP) is 3.47. The van der Waals surface area contributed by atoms with Crippen LogP contribution in [0.4, 0.5) is 0 Å². The van der Waals surface area contributed by atoms with Gasteiger partial charge in [-0.2, -0.15) is 4.31 Å². The van der Waals surface area contributed by atoms with E-state index in [2.05, 4.69) is 21.2 Å². The second kappa shape index (κ2) is 7.50. The number of carbonyl (C=O) groups excluding carboxylic acids is 1. The number of halogens is 1. The van der Waals surface area contributed by atoms with E-state index < -0.39 is 10.0 Å². The van der Waals surface area contributed by atoms with Gasteiger partial charge in [0.05, 0.1) is 4.90 Å². The molecule has 0 spiro atoms. The van der Waals surface area contributed by atoms with Crippen LogP contribution in [0.1, 0.15) is 34.3 Å². The minimum Gasteiger partial charge on any atom is -0.355 e. The quantitative estimate of drug-likeness (QED) is 0.753. The number of carbonyl (C=O) groups is 1. The third kappa shape index (κ3) is 4.00. The van der Waals surface area contributed by atoms with E-state index >= 15 is 0 Å². The maximum atomic E-state index is 13.2. The molecular formula is C19H21BrN2O3S. The number of amides is 1. The zero-order valence-corrected chi connectivity index (χ0v) is 17.1. The van der Waals surface area contributed by atoms with Crippen LogP contribution < -0.4 is 5.32 Å². The van der Waals surface area contributed by atoms with Gasteiger partial charge < -0.3 is 5.32 Å². The average Bonchev–Trinajstić information content (AvgIpc) is 3.43. The van der Waals surface area contributed by atoms with E-state index in [-0.39, 0.29) is 16.8 Å². The van der Waals surface area contributed by atoms with Crippen LogP contribution in [0.5, 0.6) is 0 Å². The molecule has 138 valence electrons. The number of nitrogens with one attached hydrogen (secondary N) is 1. The van der Waals surface area contributed by atoms with Crippen molar-refractivity contribution in [1.82, 2.24) is 9.62 Å². The summed E-state index contributed by atoms with van der Waals surface area (Å²) in [5, 5.41) is 2.58. The first-order valence-corrected chi connectivity index (χ1v) is 10.7. The van der Waals surface area contributed by atoms with Crippen LogP contribution in [0.2, 0.25) is 0 Å². The highest BCUT2D eigenvalue weighted by Crippen LogP contribution is 2.35. The van der Waals surface area contributed by atoms with Crippen LogP contribution >= 0.6 is 15.9 Å². The number of sulfonamides is 1. The predicted molar refractivity (Wildman–Crippen MR) is 104 cm³/mol. The molecule has 26 heavy (non-hydrogen) atoms. The van der Waals surface area contributed by atoms with E-state index in [9.17, 15) is 13.2 Å². The van der Waals surface area contributed by atoms with Gasteiger partial charge in [-0.15, -0.1) is 0 Å². The van der Waals surface area contributed by atoms with E-state index in [1.165, 1.54) is 0 Å². The van der Waals surface area contributed by atoms with Crippen LogP contribution in [-0.4, -0.2) is 31.7 Å². The Kier molecular flexibility index (Phi) is 5.50. The summed E-state index contributed by atoms with van der Waals surface area (Å²) in [6.07, 6.45) is 1.75. The van der Waals surface area contributed by atoms with Gasteiger partial charge in [-0.05, 0) is 71.1 Å². The number of nitrogens with zero attached hydrogens (tertiary/aromatic N) is 1. The van der Waals surface area contributed by atoms with Crippen LogP contribution in [-0.2, 0) is 16.6 Å². The zero-order valence-electron chi connectivity index (χ0n) is 14.7. The Morgan fingerprint density at radius 3 is 2.38 bits per heavy atom. The van der Waals surface area contributed by atoms with Crippen molar-refractivity contribution in [2.24, 2.45) is 0 Å². The molecule has 1 aliphatic rings. The van der Waals surface area contributed by atoms with Gasteiger partial charge in [0.25, 0.3) is 5.91 Å². The first-order valence-electron chi connectivity index (χ1n) is 8.42. The lowest BCUT2D eigenvalue weighted by molar-refractivity contribution is 0.0963. The largest absolute Gasteiger partial charge is 0.355 e. The van der Waals surface area contributed by atoms with E-state index in [1.807, 2.05) is 13.0 Å². The van der Waals surface area contributed by atoms with Crippen molar-refractivity contribution >= 4 is 31.9 Å².